The van der Waals surface area contributed by atoms with E-state index >= 15 is 0 Å². The number of halogens is 4. The number of amides is 2. The molecule has 2 aliphatic heterocycles. The SMILES string of the molecule is CCc1c(N2CCN(C(=O)Cn3cncn3)CC2)c(=O)n2nc(C3=CCOCC3)nc2n1CC(=O)Nc1ccc(C(F)(F)F)cc1Cl. The van der Waals surface area contributed by atoms with E-state index in [1.807, 2.05) is 17.9 Å². The quantitative estimate of drug-likeness (QED) is 0.298. The van der Waals surface area contributed by atoms with E-state index in [-0.39, 0.29) is 35.5 Å². The summed E-state index contributed by atoms with van der Waals surface area (Å²) in [5, 5.41) is 10.8. The normalized spacial score (nSPS) is 15.6. The lowest BCUT2D eigenvalue weighted by molar-refractivity contribution is -0.137. The zero-order valence-electron chi connectivity index (χ0n) is 25.2. The molecule has 1 saturated heterocycles. The number of anilines is 2. The number of piperazine rings is 1. The monoisotopic (exact) mass is 674 g/mol. The maximum absolute atomic E-state index is 14.1. The fraction of sp³-hybridized carbons (Fsp3) is 0.414. The molecule has 2 aliphatic rings. The van der Waals surface area contributed by atoms with Gasteiger partial charge >= 0.3 is 6.18 Å². The molecule has 0 bridgehead atoms. The van der Waals surface area contributed by atoms with E-state index in [1.165, 1.54) is 21.9 Å². The zero-order valence-corrected chi connectivity index (χ0v) is 26.0. The Morgan fingerprint density at radius 1 is 1.13 bits per heavy atom. The number of carbonyl (C=O) groups is 2. The summed E-state index contributed by atoms with van der Waals surface area (Å²) in [6.07, 6.45) is 0.926. The van der Waals surface area contributed by atoms with Crippen LogP contribution in [0, 0.1) is 0 Å². The van der Waals surface area contributed by atoms with Gasteiger partial charge in [0.2, 0.25) is 17.6 Å². The highest BCUT2D eigenvalue weighted by atomic mass is 35.5. The third-order valence-electron chi connectivity index (χ3n) is 8.00. The summed E-state index contributed by atoms with van der Waals surface area (Å²) in [6.45, 7) is 3.75. The third kappa shape index (κ3) is 6.71. The highest BCUT2D eigenvalue weighted by molar-refractivity contribution is 6.33. The fourth-order valence-electron chi connectivity index (χ4n) is 5.65. The summed E-state index contributed by atoms with van der Waals surface area (Å²) in [5.74, 6) is -0.277. The Morgan fingerprint density at radius 3 is 2.55 bits per heavy atom. The third-order valence-corrected chi connectivity index (χ3v) is 8.31. The number of fused-ring (bicyclic) bond motifs is 1. The highest BCUT2D eigenvalue weighted by Crippen LogP contribution is 2.34. The lowest BCUT2D eigenvalue weighted by atomic mass is 10.1. The molecule has 0 radical (unpaired) electrons. The van der Waals surface area contributed by atoms with Gasteiger partial charge in [0.1, 0.15) is 31.4 Å². The van der Waals surface area contributed by atoms with Crippen molar-refractivity contribution in [1.82, 2.24) is 38.8 Å². The van der Waals surface area contributed by atoms with Gasteiger partial charge in [0.15, 0.2) is 5.82 Å². The van der Waals surface area contributed by atoms with Crippen molar-refractivity contribution in [3.63, 3.8) is 0 Å². The van der Waals surface area contributed by atoms with E-state index in [2.05, 4.69) is 25.5 Å². The van der Waals surface area contributed by atoms with Gasteiger partial charge in [-0.25, -0.2) is 9.67 Å². The maximum Gasteiger partial charge on any atom is 0.416 e. The summed E-state index contributed by atoms with van der Waals surface area (Å²) < 4.78 is 49.0. The van der Waals surface area contributed by atoms with Crippen molar-refractivity contribution >= 4 is 46.1 Å². The number of alkyl halides is 3. The lowest BCUT2D eigenvalue weighted by Crippen LogP contribution is -2.51. The minimum absolute atomic E-state index is 0.00111. The first-order valence-electron chi connectivity index (χ1n) is 14.8. The Morgan fingerprint density at radius 2 is 1.91 bits per heavy atom. The number of carbonyl (C=O) groups excluding carboxylic acids is 2. The molecule has 0 saturated carbocycles. The molecular weight excluding hydrogens is 645 g/mol. The van der Waals surface area contributed by atoms with Crippen molar-refractivity contribution in [2.75, 3.05) is 49.6 Å². The molecule has 1 N–H and O–H groups in total. The molecule has 1 aromatic carbocycles. The molecule has 47 heavy (non-hydrogen) atoms. The van der Waals surface area contributed by atoms with Crippen LogP contribution in [0.3, 0.4) is 0 Å². The number of aromatic nitrogens is 7. The van der Waals surface area contributed by atoms with Crippen LogP contribution in [0.4, 0.5) is 24.5 Å². The van der Waals surface area contributed by atoms with Gasteiger partial charge in [-0.05, 0) is 36.6 Å². The van der Waals surface area contributed by atoms with Gasteiger partial charge in [0.05, 0.1) is 35.2 Å². The predicted molar refractivity (Wildman–Crippen MR) is 164 cm³/mol. The summed E-state index contributed by atoms with van der Waals surface area (Å²) >= 11 is 6.10. The lowest BCUT2D eigenvalue weighted by Gasteiger charge is -2.36. The van der Waals surface area contributed by atoms with E-state index in [0.717, 1.165) is 23.8 Å². The van der Waals surface area contributed by atoms with Crippen LogP contribution in [0.25, 0.3) is 11.4 Å². The number of benzene rings is 1. The molecule has 3 aromatic heterocycles. The van der Waals surface area contributed by atoms with Crippen LogP contribution in [0.1, 0.15) is 30.4 Å². The zero-order chi connectivity index (χ0) is 33.3. The van der Waals surface area contributed by atoms with Gasteiger partial charge in [-0.15, -0.1) is 5.10 Å². The molecule has 4 aromatic rings. The predicted octanol–water partition coefficient (Wildman–Crippen LogP) is 2.51. The van der Waals surface area contributed by atoms with Gasteiger partial charge in [-0.2, -0.15) is 27.8 Å². The van der Waals surface area contributed by atoms with E-state index < -0.39 is 23.2 Å². The molecular formula is C29H30ClF3N10O4. The van der Waals surface area contributed by atoms with Crippen molar-refractivity contribution in [2.45, 2.75) is 39.0 Å². The molecule has 6 rings (SSSR count). The van der Waals surface area contributed by atoms with Gasteiger partial charge in [-0.1, -0.05) is 24.6 Å². The molecule has 0 aliphatic carbocycles. The highest BCUT2D eigenvalue weighted by Gasteiger charge is 2.32. The van der Waals surface area contributed by atoms with E-state index in [4.69, 9.17) is 16.3 Å². The van der Waals surface area contributed by atoms with Gasteiger partial charge in [-0.3, -0.25) is 14.4 Å². The van der Waals surface area contributed by atoms with E-state index in [0.29, 0.717) is 69.4 Å². The van der Waals surface area contributed by atoms with Crippen molar-refractivity contribution in [1.29, 1.82) is 0 Å². The Bertz CT molecular complexity index is 1900. The van der Waals surface area contributed by atoms with Gasteiger partial charge in [0.25, 0.3) is 5.56 Å². The molecule has 0 unspecified atom stereocenters. The minimum atomic E-state index is -4.60. The molecule has 1 fully saturated rings. The second kappa shape index (κ2) is 13.2. The summed E-state index contributed by atoms with van der Waals surface area (Å²) in [4.78, 5) is 52.4. The number of hydrogen-bond acceptors (Lipinski definition) is 9. The Kier molecular flexibility index (Phi) is 9.01. The first kappa shape index (κ1) is 32.2. The molecule has 0 spiro atoms. The van der Waals surface area contributed by atoms with Gasteiger partial charge in [0, 0.05) is 26.2 Å². The molecule has 248 valence electrons. The second-order valence-corrected chi connectivity index (χ2v) is 11.4. The van der Waals surface area contributed by atoms with Crippen LogP contribution in [0.15, 0.2) is 41.7 Å². The first-order valence-corrected chi connectivity index (χ1v) is 15.2. The molecule has 5 heterocycles. The molecule has 18 heteroatoms. The smallest absolute Gasteiger partial charge is 0.377 e. The maximum atomic E-state index is 14.1. The second-order valence-electron chi connectivity index (χ2n) is 10.9. The summed E-state index contributed by atoms with van der Waals surface area (Å²) in [6, 6.07) is 2.66. The topological polar surface area (TPSA) is 145 Å². The average Bonchev–Trinajstić information content (AvgIpc) is 3.74. The Hall–Kier alpha value is -4.77. The summed E-state index contributed by atoms with van der Waals surface area (Å²) in [7, 11) is 0. The van der Waals surface area contributed by atoms with Crippen LogP contribution >= 0.6 is 11.6 Å². The van der Waals surface area contributed by atoms with Crippen LogP contribution in [0.5, 0.6) is 0 Å². The van der Waals surface area contributed by atoms with Crippen LogP contribution in [-0.2, 0) is 40.0 Å². The van der Waals surface area contributed by atoms with Crippen LogP contribution in [-0.4, -0.2) is 90.0 Å². The van der Waals surface area contributed by atoms with Crippen molar-refractivity contribution in [2.24, 2.45) is 0 Å². The fourth-order valence-corrected chi connectivity index (χ4v) is 5.88. The number of hydrogen-bond donors (Lipinski definition) is 1. The molecule has 14 nitrogen and oxygen atoms in total. The summed E-state index contributed by atoms with van der Waals surface area (Å²) in [5.41, 5.74) is 0.263. The van der Waals surface area contributed by atoms with Crippen molar-refractivity contribution in [3.05, 3.63) is 69.4 Å². The van der Waals surface area contributed by atoms with Crippen molar-refractivity contribution < 1.29 is 27.5 Å². The molecule has 2 amide bonds. The standard InChI is InChI=1S/C29H30ClF3N10O4/c1-2-22-25(40-9-7-39(8-10-40)24(45)15-41-17-34-16-35-41)27(46)43-28(37-26(38-43)18-5-11-47-12-6-18)42(22)14-23(44)36-21-4-3-19(13-20(21)30)29(31,32)33/h3-5,13,16-17H,2,6-12,14-15H2,1H3,(H,36,44). The molecule has 0 atom stereocenters. The largest absolute Gasteiger partial charge is 0.416 e. The van der Waals surface area contributed by atoms with Crippen molar-refractivity contribution in [3.8, 4) is 0 Å². The Labute approximate surface area is 270 Å². The first-order chi connectivity index (χ1) is 22.5. The van der Waals surface area contributed by atoms with Crippen LogP contribution in [0.2, 0.25) is 5.02 Å². The minimum Gasteiger partial charge on any atom is -0.377 e. The Balaban J connectivity index is 1.33. The number of rotatable bonds is 8. The average molecular weight is 675 g/mol. The van der Waals surface area contributed by atoms with Gasteiger partial charge < -0.3 is 24.4 Å². The number of nitrogens with zero attached hydrogens (tertiary/aromatic N) is 9. The van der Waals surface area contributed by atoms with Crippen LogP contribution < -0.4 is 15.8 Å². The van der Waals surface area contributed by atoms with E-state index in [9.17, 15) is 27.6 Å². The number of nitrogens with one attached hydrogen (secondary N) is 1. The van der Waals surface area contributed by atoms with E-state index in [1.54, 1.807) is 9.47 Å². The number of ether oxygens (including phenoxy) is 1.